The molecule has 7 nitrogen and oxygen atoms in total. The summed E-state index contributed by atoms with van der Waals surface area (Å²) in [6.07, 6.45) is 2.47. The first-order valence-electron chi connectivity index (χ1n) is 6.42. The number of halogens is 2. The average molecular weight is 306 g/mol. The van der Waals surface area contributed by atoms with Crippen LogP contribution in [0.4, 0.5) is 14.5 Å². The van der Waals surface area contributed by atoms with Crippen LogP contribution in [-0.2, 0) is 12.3 Å². The molecule has 0 saturated heterocycles. The van der Waals surface area contributed by atoms with Gasteiger partial charge in [-0.2, -0.15) is 0 Å². The Hall–Kier alpha value is -2.71. The Balaban J connectivity index is 1.96. The van der Waals surface area contributed by atoms with Crippen LogP contribution in [0, 0.1) is 6.92 Å². The van der Waals surface area contributed by atoms with Crippen LogP contribution in [0.5, 0.6) is 0 Å². The zero-order valence-electron chi connectivity index (χ0n) is 11.8. The normalized spacial score (nSPS) is 12.0. The number of hydrogen-bond acceptors (Lipinski definition) is 7. The molecule has 0 aromatic carbocycles. The Morgan fingerprint density at radius 3 is 2.55 bits per heavy atom. The largest absolute Gasteiger partial charge is 0.396 e. The fourth-order valence-electron chi connectivity index (χ4n) is 2.05. The zero-order chi connectivity index (χ0) is 15.9. The SMILES string of the molecule is Cc1nc2nonc2c(N)c1Cc1ncc(C(C)(F)F)cn1. The molecule has 0 aliphatic carbocycles. The van der Waals surface area contributed by atoms with Crippen molar-refractivity contribution in [3.63, 3.8) is 0 Å². The fourth-order valence-corrected chi connectivity index (χ4v) is 2.05. The molecule has 0 atom stereocenters. The highest BCUT2D eigenvalue weighted by Gasteiger charge is 2.25. The van der Waals surface area contributed by atoms with Gasteiger partial charge < -0.3 is 5.73 Å². The lowest BCUT2D eigenvalue weighted by atomic mass is 10.1. The molecule has 0 aliphatic rings. The second-order valence-electron chi connectivity index (χ2n) is 4.98. The Morgan fingerprint density at radius 1 is 1.23 bits per heavy atom. The zero-order valence-corrected chi connectivity index (χ0v) is 11.8. The average Bonchev–Trinajstić information content (AvgIpc) is 2.91. The number of alkyl halides is 2. The van der Waals surface area contributed by atoms with Crippen molar-refractivity contribution >= 4 is 16.9 Å². The Bertz CT molecular complexity index is 825. The van der Waals surface area contributed by atoms with Gasteiger partial charge in [0.25, 0.3) is 5.92 Å². The first kappa shape index (κ1) is 14.2. The summed E-state index contributed by atoms with van der Waals surface area (Å²) in [6.45, 7) is 2.55. The molecule has 3 aromatic heterocycles. The van der Waals surface area contributed by atoms with Crippen LogP contribution < -0.4 is 5.73 Å². The molecular weight excluding hydrogens is 294 g/mol. The van der Waals surface area contributed by atoms with Gasteiger partial charge in [0.15, 0.2) is 5.52 Å². The molecule has 0 spiro atoms. The lowest BCUT2D eigenvalue weighted by molar-refractivity contribution is 0.0167. The van der Waals surface area contributed by atoms with Crippen LogP contribution in [0.3, 0.4) is 0 Å². The Labute approximate surface area is 123 Å². The van der Waals surface area contributed by atoms with E-state index in [4.69, 9.17) is 5.73 Å². The maximum Gasteiger partial charge on any atom is 0.273 e. The predicted octanol–water partition coefficient (Wildman–Crippen LogP) is 2.00. The van der Waals surface area contributed by atoms with Crippen LogP contribution >= 0.6 is 0 Å². The summed E-state index contributed by atoms with van der Waals surface area (Å²) >= 11 is 0. The van der Waals surface area contributed by atoms with Gasteiger partial charge in [0, 0.05) is 37.0 Å². The number of rotatable bonds is 3. The van der Waals surface area contributed by atoms with Crippen LogP contribution in [-0.4, -0.2) is 25.3 Å². The minimum atomic E-state index is -2.97. The number of pyridine rings is 1. The summed E-state index contributed by atoms with van der Waals surface area (Å²) in [5.74, 6) is -2.61. The van der Waals surface area contributed by atoms with Crippen molar-refractivity contribution in [1.82, 2.24) is 25.3 Å². The van der Waals surface area contributed by atoms with Gasteiger partial charge in [0.2, 0.25) is 5.65 Å². The molecule has 0 amide bonds. The van der Waals surface area contributed by atoms with E-state index in [1.54, 1.807) is 6.92 Å². The molecule has 22 heavy (non-hydrogen) atoms. The summed E-state index contributed by atoms with van der Waals surface area (Å²) in [6, 6.07) is 0. The summed E-state index contributed by atoms with van der Waals surface area (Å²) in [4.78, 5) is 12.1. The molecule has 3 aromatic rings. The van der Waals surface area contributed by atoms with Crippen molar-refractivity contribution in [3.05, 3.63) is 35.0 Å². The van der Waals surface area contributed by atoms with E-state index in [1.165, 1.54) is 0 Å². The molecule has 9 heteroatoms. The number of hydrogen-bond donors (Lipinski definition) is 1. The summed E-state index contributed by atoms with van der Waals surface area (Å²) in [5.41, 5.74) is 8.14. The Kier molecular flexibility index (Phi) is 3.19. The summed E-state index contributed by atoms with van der Waals surface area (Å²) < 4.78 is 30.9. The molecule has 0 bridgehead atoms. The van der Waals surface area contributed by atoms with Gasteiger partial charge >= 0.3 is 0 Å². The van der Waals surface area contributed by atoms with Gasteiger partial charge in [0.05, 0.1) is 11.3 Å². The predicted molar refractivity (Wildman–Crippen MR) is 73.2 cm³/mol. The number of fused-ring (bicyclic) bond motifs is 1. The third-order valence-corrected chi connectivity index (χ3v) is 3.31. The van der Waals surface area contributed by atoms with Gasteiger partial charge in [0.1, 0.15) is 5.82 Å². The number of anilines is 1. The minimum absolute atomic E-state index is 0.241. The highest BCUT2D eigenvalue weighted by atomic mass is 19.3. The van der Waals surface area contributed by atoms with E-state index < -0.39 is 5.92 Å². The number of aromatic nitrogens is 5. The standard InChI is InChI=1S/C13H12F2N6O/c1-6-8(10(16)11-12(19-6)21-22-20-11)3-9-17-4-7(5-18-9)13(2,14)15/h4-5H,3,16H2,1-2H3. The van der Waals surface area contributed by atoms with Crippen molar-refractivity contribution < 1.29 is 13.4 Å². The highest BCUT2D eigenvalue weighted by molar-refractivity contribution is 5.85. The molecule has 0 unspecified atom stereocenters. The highest BCUT2D eigenvalue weighted by Crippen LogP contribution is 2.27. The molecule has 0 fully saturated rings. The van der Waals surface area contributed by atoms with E-state index in [-0.39, 0.29) is 12.0 Å². The quantitative estimate of drug-likeness (QED) is 0.789. The van der Waals surface area contributed by atoms with Crippen molar-refractivity contribution in [2.75, 3.05) is 5.73 Å². The molecule has 0 aliphatic heterocycles. The van der Waals surface area contributed by atoms with Crippen molar-refractivity contribution in [2.45, 2.75) is 26.2 Å². The first-order valence-corrected chi connectivity index (χ1v) is 6.42. The molecule has 3 rings (SSSR count). The van der Waals surface area contributed by atoms with E-state index in [9.17, 15) is 8.78 Å². The van der Waals surface area contributed by atoms with Crippen LogP contribution in [0.1, 0.15) is 29.6 Å². The smallest absolute Gasteiger partial charge is 0.273 e. The second kappa shape index (κ2) is 4.93. The van der Waals surface area contributed by atoms with E-state index in [1.807, 2.05) is 0 Å². The second-order valence-corrected chi connectivity index (χ2v) is 4.98. The topological polar surface area (TPSA) is 104 Å². The number of nitrogens with two attached hydrogens (primary N) is 1. The number of nitrogens with zero attached hydrogens (tertiary/aromatic N) is 5. The lowest BCUT2D eigenvalue weighted by Crippen LogP contribution is -2.10. The lowest BCUT2D eigenvalue weighted by Gasteiger charge is -2.11. The van der Waals surface area contributed by atoms with Crippen LogP contribution in [0.15, 0.2) is 17.0 Å². The van der Waals surface area contributed by atoms with Crippen molar-refractivity contribution in [1.29, 1.82) is 0 Å². The molecule has 2 N–H and O–H groups in total. The van der Waals surface area contributed by atoms with E-state index in [0.29, 0.717) is 33.9 Å². The van der Waals surface area contributed by atoms with Gasteiger partial charge in [-0.25, -0.2) is 28.4 Å². The van der Waals surface area contributed by atoms with Gasteiger partial charge in [-0.1, -0.05) is 0 Å². The van der Waals surface area contributed by atoms with Gasteiger partial charge in [-0.3, -0.25) is 0 Å². The monoisotopic (exact) mass is 306 g/mol. The van der Waals surface area contributed by atoms with E-state index in [2.05, 4.69) is 29.9 Å². The Morgan fingerprint density at radius 2 is 1.91 bits per heavy atom. The summed E-state index contributed by atoms with van der Waals surface area (Å²) in [7, 11) is 0. The van der Waals surface area contributed by atoms with Gasteiger partial charge in [-0.05, 0) is 17.2 Å². The third-order valence-electron chi connectivity index (χ3n) is 3.31. The molecular formula is C13H12F2N6O. The van der Waals surface area contributed by atoms with Crippen molar-refractivity contribution in [2.24, 2.45) is 0 Å². The van der Waals surface area contributed by atoms with E-state index in [0.717, 1.165) is 19.3 Å². The molecule has 0 saturated carbocycles. The fraction of sp³-hybridized carbons (Fsp3) is 0.308. The summed E-state index contributed by atoms with van der Waals surface area (Å²) in [5, 5.41) is 7.33. The first-order chi connectivity index (χ1) is 10.4. The van der Waals surface area contributed by atoms with Crippen LogP contribution in [0.25, 0.3) is 11.2 Å². The maximum atomic E-state index is 13.1. The number of nitrogen functional groups attached to an aromatic ring is 1. The number of aryl methyl sites for hydroxylation is 1. The van der Waals surface area contributed by atoms with Crippen LogP contribution in [0.2, 0.25) is 0 Å². The minimum Gasteiger partial charge on any atom is -0.396 e. The molecule has 114 valence electrons. The van der Waals surface area contributed by atoms with Crippen molar-refractivity contribution in [3.8, 4) is 0 Å². The molecule has 3 heterocycles. The van der Waals surface area contributed by atoms with Gasteiger partial charge in [-0.15, -0.1) is 0 Å². The third kappa shape index (κ3) is 2.45. The van der Waals surface area contributed by atoms with E-state index >= 15 is 0 Å². The molecule has 0 radical (unpaired) electrons. The maximum absolute atomic E-state index is 13.1.